The first kappa shape index (κ1) is 21.1. The molecule has 1 N–H and O–H groups in total. The van der Waals surface area contributed by atoms with Crippen molar-refractivity contribution in [1.29, 1.82) is 0 Å². The lowest BCUT2D eigenvalue weighted by atomic mass is 10.2. The summed E-state index contributed by atoms with van der Waals surface area (Å²) in [6.07, 6.45) is 1.56. The minimum absolute atomic E-state index is 0.289. The molecule has 0 fully saturated rings. The number of rotatable bonds is 7. The van der Waals surface area contributed by atoms with Gasteiger partial charge in [0.2, 0.25) is 0 Å². The maximum absolute atomic E-state index is 12.1. The largest absolute Gasteiger partial charge is 0.493 e. The number of hydrogen-bond donors (Lipinski definition) is 1. The van der Waals surface area contributed by atoms with E-state index in [-0.39, 0.29) is 5.91 Å². The van der Waals surface area contributed by atoms with Crippen LogP contribution in [0.15, 0.2) is 80.8 Å². The fraction of sp³-hybridized carbons (Fsp3) is 0.0909. The summed E-state index contributed by atoms with van der Waals surface area (Å²) in [5, 5.41) is 4.03. The number of halogens is 2. The van der Waals surface area contributed by atoms with Crippen molar-refractivity contribution in [2.75, 3.05) is 7.11 Å². The molecular weight excluding hydrogens is 500 g/mol. The Labute approximate surface area is 186 Å². The van der Waals surface area contributed by atoms with Crippen molar-refractivity contribution in [2.45, 2.75) is 6.61 Å². The maximum Gasteiger partial charge on any atom is 0.271 e. The highest BCUT2D eigenvalue weighted by Crippen LogP contribution is 2.28. The maximum atomic E-state index is 12.1. The molecule has 0 aliphatic rings. The molecule has 0 spiro atoms. The third-order valence-corrected chi connectivity index (χ3v) is 4.98. The molecule has 0 aliphatic heterocycles. The van der Waals surface area contributed by atoms with Gasteiger partial charge in [0, 0.05) is 14.5 Å². The molecule has 0 unspecified atom stereocenters. The number of methoxy groups -OCH3 is 1. The van der Waals surface area contributed by atoms with Crippen LogP contribution in [0.5, 0.6) is 11.5 Å². The molecule has 148 valence electrons. The van der Waals surface area contributed by atoms with E-state index in [9.17, 15) is 4.79 Å². The minimum atomic E-state index is -0.289. The van der Waals surface area contributed by atoms with Crippen molar-refractivity contribution >= 4 is 44.0 Å². The molecule has 0 atom stereocenters. The number of nitrogens with zero attached hydrogens (tertiary/aromatic N) is 1. The predicted octanol–water partition coefficient (Wildman–Crippen LogP) is 5.56. The van der Waals surface area contributed by atoms with Gasteiger partial charge in [-0.3, -0.25) is 4.79 Å². The lowest BCUT2D eigenvalue weighted by molar-refractivity contribution is 0.0955. The molecule has 29 heavy (non-hydrogen) atoms. The molecule has 3 aromatic carbocycles. The number of ether oxygens (including phenoxy) is 2. The van der Waals surface area contributed by atoms with Gasteiger partial charge < -0.3 is 9.47 Å². The van der Waals surface area contributed by atoms with Crippen LogP contribution in [0.25, 0.3) is 0 Å². The molecule has 0 aromatic heterocycles. The van der Waals surface area contributed by atoms with Crippen LogP contribution < -0.4 is 14.9 Å². The molecule has 7 heteroatoms. The number of benzene rings is 3. The van der Waals surface area contributed by atoms with Crippen molar-refractivity contribution < 1.29 is 14.3 Å². The first-order valence-corrected chi connectivity index (χ1v) is 10.3. The van der Waals surface area contributed by atoms with Gasteiger partial charge in [0.25, 0.3) is 5.91 Å². The number of nitrogens with one attached hydrogen (secondary N) is 1. The van der Waals surface area contributed by atoms with E-state index in [2.05, 4.69) is 42.4 Å². The quantitative estimate of drug-likeness (QED) is 0.329. The van der Waals surface area contributed by atoms with Crippen LogP contribution >= 0.6 is 31.9 Å². The van der Waals surface area contributed by atoms with Crippen molar-refractivity contribution in [2.24, 2.45) is 5.10 Å². The van der Waals surface area contributed by atoms with Crippen molar-refractivity contribution in [3.05, 3.63) is 92.4 Å². The Hall–Kier alpha value is -2.64. The smallest absolute Gasteiger partial charge is 0.271 e. The second-order valence-corrected chi connectivity index (χ2v) is 7.87. The highest BCUT2D eigenvalue weighted by molar-refractivity contribution is 9.10. The molecular formula is C22H18Br2N2O3. The summed E-state index contributed by atoms with van der Waals surface area (Å²) in [6.45, 7) is 0.407. The lowest BCUT2D eigenvalue weighted by Crippen LogP contribution is -2.17. The topological polar surface area (TPSA) is 59.9 Å². The van der Waals surface area contributed by atoms with Gasteiger partial charge in [-0.25, -0.2) is 5.43 Å². The molecule has 1 amide bonds. The number of amides is 1. The monoisotopic (exact) mass is 516 g/mol. The van der Waals surface area contributed by atoms with Crippen LogP contribution in [0.1, 0.15) is 21.5 Å². The lowest BCUT2D eigenvalue weighted by Gasteiger charge is -2.11. The van der Waals surface area contributed by atoms with Crippen LogP contribution in [0.3, 0.4) is 0 Å². The number of carbonyl (C=O) groups is 1. The zero-order valence-corrected chi connectivity index (χ0v) is 18.7. The van der Waals surface area contributed by atoms with Gasteiger partial charge in [-0.15, -0.1) is 0 Å². The third kappa shape index (κ3) is 6.17. The zero-order chi connectivity index (χ0) is 20.6. The fourth-order valence-electron chi connectivity index (χ4n) is 2.49. The van der Waals surface area contributed by atoms with Crippen molar-refractivity contribution in [3.63, 3.8) is 0 Å². The SMILES string of the molecule is COc1ccc(/C=N\NC(=O)c2cccc(Br)c2)cc1OCc1ccc(Br)cc1. The van der Waals surface area contributed by atoms with E-state index in [0.717, 1.165) is 20.1 Å². The Balaban J connectivity index is 1.66. The van der Waals surface area contributed by atoms with E-state index in [1.54, 1.807) is 37.6 Å². The standard InChI is InChI=1S/C22H18Br2N2O3/c1-28-20-10-7-16(11-21(20)29-14-15-5-8-18(23)9-6-15)13-25-26-22(27)17-3-2-4-19(24)12-17/h2-13H,14H2,1H3,(H,26,27)/b25-13-. The van der Waals surface area contributed by atoms with Crippen molar-refractivity contribution in [3.8, 4) is 11.5 Å². The molecule has 0 saturated carbocycles. The number of carbonyl (C=O) groups excluding carboxylic acids is 1. The van der Waals surface area contributed by atoms with Gasteiger partial charge in [0.05, 0.1) is 13.3 Å². The van der Waals surface area contributed by atoms with E-state index >= 15 is 0 Å². The van der Waals surface area contributed by atoms with E-state index in [0.29, 0.717) is 23.7 Å². The summed E-state index contributed by atoms with van der Waals surface area (Å²) >= 11 is 6.76. The van der Waals surface area contributed by atoms with Crippen LogP contribution in [-0.2, 0) is 6.61 Å². The Morgan fingerprint density at radius 1 is 1.00 bits per heavy atom. The summed E-state index contributed by atoms with van der Waals surface area (Å²) in [4.78, 5) is 12.1. The van der Waals surface area contributed by atoms with Crippen LogP contribution in [0, 0.1) is 0 Å². The van der Waals surface area contributed by atoms with E-state index < -0.39 is 0 Å². The number of hydrogen-bond acceptors (Lipinski definition) is 4. The predicted molar refractivity (Wildman–Crippen MR) is 121 cm³/mol. The molecule has 3 aromatic rings. The Morgan fingerprint density at radius 2 is 1.79 bits per heavy atom. The molecule has 0 radical (unpaired) electrons. The fourth-order valence-corrected chi connectivity index (χ4v) is 3.15. The summed E-state index contributed by atoms with van der Waals surface area (Å²) in [5.74, 6) is 0.929. The molecule has 0 aliphatic carbocycles. The summed E-state index contributed by atoms with van der Waals surface area (Å²) in [6, 6.07) is 20.4. The highest BCUT2D eigenvalue weighted by Gasteiger charge is 2.07. The Kier molecular flexibility index (Phi) is 7.43. The molecule has 0 bridgehead atoms. The Morgan fingerprint density at radius 3 is 2.52 bits per heavy atom. The first-order valence-electron chi connectivity index (χ1n) is 8.69. The van der Waals surface area contributed by atoms with Gasteiger partial charge in [0.15, 0.2) is 11.5 Å². The van der Waals surface area contributed by atoms with Crippen LogP contribution in [0.4, 0.5) is 0 Å². The zero-order valence-electron chi connectivity index (χ0n) is 15.6. The van der Waals surface area contributed by atoms with E-state index in [4.69, 9.17) is 9.47 Å². The average Bonchev–Trinajstić information content (AvgIpc) is 2.73. The van der Waals surface area contributed by atoms with Crippen molar-refractivity contribution in [1.82, 2.24) is 5.43 Å². The molecule has 5 nitrogen and oxygen atoms in total. The van der Waals surface area contributed by atoms with Crippen LogP contribution in [-0.4, -0.2) is 19.2 Å². The second-order valence-electron chi connectivity index (χ2n) is 6.03. The van der Waals surface area contributed by atoms with E-state index in [1.165, 1.54) is 0 Å². The second kappa shape index (κ2) is 10.2. The summed E-state index contributed by atoms with van der Waals surface area (Å²) in [7, 11) is 1.59. The first-order chi connectivity index (χ1) is 14.0. The van der Waals surface area contributed by atoms with Gasteiger partial charge in [-0.2, -0.15) is 5.10 Å². The molecule has 3 rings (SSSR count). The van der Waals surface area contributed by atoms with Gasteiger partial charge >= 0.3 is 0 Å². The van der Waals surface area contributed by atoms with Crippen LogP contribution in [0.2, 0.25) is 0 Å². The highest BCUT2D eigenvalue weighted by atomic mass is 79.9. The van der Waals surface area contributed by atoms with E-state index in [1.807, 2.05) is 42.5 Å². The van der Waals surface area contributed by atoms with Gasteiger partial charge in [-0.1, -0.05) is 50.1 Å². The molecule has 0 saturated heterocycles. The summed E-state index contributed by atoms with van der Waals surface area (Å²) < 4.78 is 13.1. The number of hydrazone groups is 1. The summed E-state index contributed by atoms with van der Waals surface area (Å²) in [5.41, 5.74) is 4.84. The normalized spacial score (nSPS) is 10.7. The van der Waals surface area contributed by atoms with Gasteiger partial charge in [-0.05, 0) is 59.7 Å². The molecule has 0 heterocycles. The average molecular weight is 518 g/mol. The minimum Gasteiger partial charge on any atom is -0.493 e. The Bertz CT molecular complexity index is 1020. The van der Waals surface area contributed by atoms with Gasteiger partial charge in [0.1, 0.15) is 6.61 Å². The third-order valence-electron chi connectivity index (χ3n) is 3.96.